The summed E-state index contributed by atoms with van der Waals surface area (Å²) in [5.74, 6) is -0.378. The first kappa shape index (κ1) is 16.8. The molecule has 1 aliphatic carbocycles. The Kier molecular flexibility index (Phi) is 6.82. The van der Waals surface area contributed by atoms with Crippen LogP contribution in [0.5, 0.6) is 0 Å². The monoisotopic (exact) mass is 285 g/mol. The van der Waals surface area contributed by atoms with Crippen molar-refractivity contribution >= 4 is 12.1 Å². The number of carbonyl (C=O) groups is 2. The van der Waals surface area contributed by atoms with Gasteiger partial charge in [-0.2, -0.15) is 0 Å². The summed E-state index contributed by atoms with van der Waals surface area (Å²) >= 11 is 0. The average Bonchev–Trinajstić information content (AvgIpc) is 2.42. The van der Waals surface area contributed by atoms with E-state index in [1.807, 2.05) is 27.7 Å². The van der Waals surface area contributed by atoms with Crippen LogP contribution in [0.25, 0.3) is 0 Å². The number of ether oxygens (including phenoxy) is 2. The summed E-state index contributed by atoms with van der Waals surface area (Å²) in [5.41, 5.74) is 0. The van der Waals surface area contributed by atoms with Gasteiger partial charge in [-0.1, -0.05) is 13.8 Å². The normalized spacial score (nSPS) is 22.4. The van der Waals surface area contributed by atoms with Crippen LogP contribution >= 0.6 is 0 Å². The Labute approximate surface area is 121 Å². The fraction of sp³-hybridized carbons (Fsp3) is 0.867. The van der Waals surface area contributed by atoms with E-state index >= 15 is 0 Å². The van der Waals surface area contributed by atoms with Gasteiger partial charge in [-0.25, -0.2) is 4.79 Å². The molecular weight excluding hydrogens is 258 g/mol. The molecule has 1 saturated carbocycles. The molecule has 116 valence electrons. The van der Waals surface area contributed by atoms with Crippen LogP contribution in [0.4, 0.5) is 4.79 Å². The van der Waals surface area contributed by atoms with Gasteiger partial charge in [0.2, 0.25) is 0 Å². The fourth-order valence-electron chi connectivity index (χ4n) is 2.30. The minimum atomic E-state index is -0.313. The molecule has 0 saturated heterocycles. The molecule has 0 heterocycles. The zero-order chi connectivity index (χ0) is 15.1. The Morgan fingerprint density at radius 3 is 2.00 bits per heavy atom. The van der Waals surface area contributed by atoms with E-state index in [9.17, 15) is 9.59 Å². The summed E-state index contributed by atoms with van der Waals surface area (Å²) in [7, 11) is 0. The molecule has 0 aromatic rings. The number of amides is 1. The predicted molar refractivity (Wildman–Crippen MR) is 76.4 cm³/mol. The standard InChI is InChI=1S/C15H27NO4/c1-5-16(6-2)15(18)20-13-10-8-7-9-12(13)19-14(17)11(3)4/h11-13H,5-10H2,1-4H3/t12-,13+/m0/s1. The molecule has 0 aliphatic heterocycles. The molecule has 0 radical (unpaired) electrons. The predicted octanol–water partition coefficient (Wildman–Crippen LogP) is 2.98. The molecule has 1 rings (SSSR count). The summed E-state index contributed by atoms with van der Waals surface area (Å²) in [4.78, 5) is 25.4. The van der Waals surface area contributed by atoms with Crippen molar-refractivity contribution in [3.8, 4) is 0 Å². The van der Waals surface area contributed by atoms with E-state index in [0.717, 1.165) is 25.7 Å². The van der Waals surface area contributed by atoms with Crippen LogP contribution < -0.4 is 0 Å². The second-order valence-electron chi connectivity index (χ2n) is 5.51. The van der Waals surface area contributed by atoms with Gasteiger partial charge in [-0.05, 0) is 39.5 Å². The van der Waals surface area contributed by atoms with Crippen molar-refractivity contribution in [2.45, 2.75) is 65.6 Å². The number of nitrogens with zero attached hydrogens (tertiary/aromatic N) is 1. The Morgan fingerprint density at radius 1 is 1.05 bits per heavy atom. The zero-order valence-corrected chi connectivity index (χ0v) is 13.1. The Balaban J connectivity index is 2.60. The van der Waals surface area contributed by atoms with Crippen LogP contribution in [-0.2, 0) is 14.3 Å². The Hall–Kier alpha value is -1.26. The zero-order valence-electron chi connectivity index (χ0n) is 13.1. The number of hydrogen-bond donors (Lipinski definition) is 0. The van der Waals surface area contributed by atoms with Crippen LogP contribution in [0.2, 0.25) is 0 Å². The van der Waals surface area contributed by atoms with E-state index in [1.165, 1.54) is 0 Å². The van der Waals surface area contributed by atoms with Crippen molar-refractivity contribution < 1.29 is 19.1 Å². The molecule has 20 heavy (non-hydrogen) atoms. The van der Waals surface area contributed by atoms with Crippen molar-refractivity contribution in [1.82, 2.24) is 4.90 Å². The summed E-state index contributed by atoms with van der Waals surface area (Å²) < 4.78 is 11.0. The molecule has 0 unspecified atom stereocenters. The molecular formula is C15H27NO4. The first-order valence-electron chi connectivity index (χ1n) is 7.65. The third kappa shape index (κ3) is 4.69. The van der Waals surface area contributed by atoms with Gasteiger partial charge in [0, 0.05) is 13.1 Å². The topological polar surface area (TPSA) is 55.8 Å². The number of carbonyl (C=O) groups excluding carboxylic acids is 2. The molecule has 0 bridgehead atoms. The maximum absolute atomic E-state index is 12.0. The minimum Gasteiger partial charge on any atom is -0.458 e. The lowest BCUT2D eigenvalue weighted by molar-refractivity contribution is -0.161. The third-order valence-electron chi connectivity index (χ3n) is 3.65. The van der Waals surface area contributed by atoms with Crippen LogP contribution in [0.3, 0.4) is 0 Å². The van der Waals surface area contributed by atoms with Gasteiger partial charge >= 0.3 is 12.1 Å². The lowest BCUT2D eigenvalue weighted by atomic mass is 9.94. The Bertz CT molecular complexity index is 326. The van der Waals surface area contributed by atoms with E-state index in [2.05, 4.69) is 0 Å². The minimum absolute atomic E-state index is 0.156. The van der Waals surface area contributed by atoms with E-state index in [1.54, 1.807) is 4.90 Å². The first-order valence-corrected chi connectivity index (χ1v) is 7.65. The second-order valence-corrected chi connectivity index (χ2v) is 5.51. The Morgan fingerprint density at radius 2 is 1.55 bits per heavy atom. The lowest BCUT2D eigenvalue weighted by Crippen LogP contribution is -2.42. The van der Waals surface area contributed by atoms with E-state index in [0.29, 0.717) is 13.1 Å². The van der Waals surface area contributed by atoms with Crippen molar-refractivity contribution in [2.24, 2.45) is 5.92 Å². The van der Waals surface area contributed by atoms with Crippen LogP contribution in [0.15, 0.2) is 0 Å². The molecule has 5 heteroatoms. The van der Waals surface area contributed by atoms with Crippen molar-refractivity contribution in [2.75, 3.05) is 13.1 Å². The molecule has 0 aromatic carbocycles. The van der Waals surface area contributed by atoms with Gasteiger partial charge in [-0.3, -0.25) is 4.79 Å². The van der Waals surface area contributed by atoms with Crippen LogP contribution in [-0.4, -0.2) is 42.3 Å². The number of rotatable bonds is 5. The second kappa shape index (κ2) is 8.12. The van der Waals surface area contributed by atoms with Gasteiger partial charge in [-0.15, -0.1) is 0 Å². The van der Waals surface area contributed by atoms with Gasteiger partial charge < -0.3 is 14.4 Å². The highest BCUT2D eigenvalue weighted by molar-refractivity contribution is 5.72. The van der Waals surface area contributed by atoms with E-state index < -0.39 is 0 Å². The van der Waals surface area contributed by atoms with Crippen LogP contribution in [0.1, 0.15) is 53.4 Å². The van der Waals surface area contributed by atoms with Crippen LogP contribution in [0, 0.1) is 5.92 Å². The summed E-state index contributed by atoms with van der Waals surface area (Å²) in [5, 5.41) is 0. The highest BCUT2D eigenvalue weighted by Crippen LogP contribution is 2.25. The SMILES string of the molecule is CCN(CC)C(=O)O[C@@H]1CCCC[C@@H]1OC(=O)C(C)C. The maximum atomic E-state index is 12.0. The van der Waals surface area contributed by atoms with Gasteiger partial charge in [0.25, 0.3) is 0 Å². The van der Waals surface area contributed by atoms with Crippen molar-refractivity contribution in [1.29, 1.82) is 0 Å². The van der Waals surface area contributed by atoms with Gasteiger partial charge in [0.05, 0.1) is 5.92 Å². The third-order valence-corrected chi connectivity index (χ3v) is 3.65. The molecule has 1 amide bonds. The molecule has 0 aromatic heterocycles. The molecule has 2 atom stereocenters. The first-order chi connectivity index (χ1) is 9.49. The maximum Gasteiger partial charge on any atom is 0.410 e. The van der Waals surface area contributed by atoms with Gasteiger partial charge in [0.1, 0.15) is 12.2 Å². The fourth-order valence-corrected chi connectivity index (χ4v) is 2.30. The van der Waals surface area contributed by atoms with E-state index in [-0.39, 0.29) is 30.2 Å². The number of esters is 1. The quantitative estimate of drug-likeness (QED) is 0.729. The molecule has 1 fully saturated rings. The largest absolute Gasteiger partial charge is 0.458 e. The van der Waals surface area contributed by atoms with Crippen molar-refractivity contribution in [3.63, 3.8) is 0 Å². The highest BCUT2D eigenvalue weighted by atomic mass is 16.6. The van der Waals surface area contributed by atoms with Gasteiger partial charge in [0.15, 0.2) is 0 Å². The number of hydrogen-bond acceptors (Lipinski definition) is 4. The lowest BCUT2D eigenvalue weighted by Gasteiger charge is -2.32. The smallest absolute Gasteiger partial charge is 0.410 e. The summed E-state index contributed by atoms with van der Waals surface area (Å²) in [6, 6.07) is 0. The molecule has 0 N–H and O–H groups in total. The average molecular weight is 285 g/mol. The molecule has 1 aliphatic rings. The van der Waals surface area contributed by atoms with E-state index in [4.69, 9.17) is 9.47 Å². The molecule has 0 spiro atoms. The molecule has 5 nitrogen and oxygen atoms in total. The summed E-state index contributed by atoms with van der Waals surface area (Å²) in [6.45, 7) is 8.70. The van der Waals surface area contributed by atoms with Crippen molar-refractivity contribution in [3.05, 3.63) is 0 Å². The summed E-state index contributed by atoms with van der Waals surface area (Å²) in [6.07, 6.45) is 2.64. The highest BCUT2D eigenvalue weighted by Gasteiger charge is 2.32.